The van der Waals surface area contributed by atoms with Gasteiger partial charge in [-0.25, -0.2) is 9.67 Å². The quantitative estimate of drug-likeness (QED) is 0.431. The summed E-state index contributed by atoms with van der Waals surface area (Å²) in [5.74, 6) is 0.187. The van der Waals surface area contributed by atoms with Gasteiger partial charge >= 0.3 is 0 Å². The molecule has 0 bridgehead atoms. The number of hydrogen-bond donors (Lipinski definition) is 2. The molecular formula is C22H23N7OS. The Bertz CT molecular complexity index is 1170. The number of tetrazole rings is 1. The standard InChI is InChI=1S/C22H23N7OS/c30-20(13-31-22-26-27-28-29(22)17-8-4-5-9-17)25-21(15-6-2-1-3-7-15)16-10-11-18-19(12-16)24-14-23-18/h1-3,6-7,10-12,14,17,21H,4-5,8-9,13H2,(H,23,24)(H,25,30). The summed E-state index contributed by atoms with van der Waals surface area (Å²) in [4.78, 5) is 20.3. The smallest absolute Gasteiger partial charge is 0.231 e. The van der Waals surface area contributed by atoms with E-state index in [9.17, 15) is 4.79 Å². The third-order valence-electron chi connectivity index (χ3n) is 5.68. The minimum absolute atomic E-state index is 0.0652. The van der Waals surface area contributed by atoms with E-state index in [1.807, 2.05) is 53.2 Å². The summed E-state index contributed by atoms with van der Waals surface area (Å²) < 4.78 is 1.88. The minimum atomic E-state index is -0.257. The molecule has 0 spiro atoms. The topological polar surface area (TPSA) is 101 Å². The van der Waals surface area contributed by atoms with Crippen molar-refractivity contribution >= 4 is 28.7 Å². The summed E-state index contributed by atoms with van der Waals surface area (Å²) in [6.45, 7) is 0. The minimum Gasteiger partial charge on any atom is -0.345 e. The largest absolute Gasteiger partial charge is 0.345 e. The first-order chi connectivity index (χ1) is 15.3. The maximum Gasteiger partial charge on any atom is 0.231 e. The van der Waals surface area contributed by atoms with Crippen molar-refractivity contribution in [1.82, 2.24) is 35.5 Å². The average Bonchev–Trinajstić information content (AvgIpc) is 3.57. The molecule has 1 amide bonds. The lowest BCUT2D eigenvalue weighted by molar-refractivity contribution is -0.119. The van der Waals surface area contributed by atoms with Crippen LogP contribution in [0.4, 0.5) is 0 Å². The average molecular weight is 434 g/mol. The maximum absolute atomic E-state index is 12.9. The predicted octanol–water partition coefficient (Wildman–Crippen LogP) is 3.66. The third-order valence-corrected chi connectivity index (χ3v) is 6.61. The molecule has 4 aromatic rings. The van der Waals surface area contributed by atoms with Crippen molar-refractivity contribution in [3.05, 3.63) is 66.0 Å². The highest BCUT2D eigenvalue weighted by molar-refractivity contribution is 7.99. The lowest BCUT2D eigenvalue weighted by atomic mass is 9.98. The van der Waals surface area contributed by atoms with Crippen molar-refractivity contribution in [3.63, 3.8) is 0 Å². The molecule has 1 unspecified atom stereocenters. The third kappa shape index (κ3) is 4.32. The predicted molar refractivity (Wildman–Crippen MR) is 119 cm³/mol. The monoisotopic (exact) mass is 433 g/mol. The van der Waals surface area contributed by atoms with E-state index in [-0.39, 0.29) is 17.7 Å². The van der Waals surface area contributed by atoms with Crippen LogP contribution < -0.4 is 5.32 Å². The van der Waals surface area contributed by atoms with Crippen LogP contribution in [0.25, 0.3) is 11.0 Å². The van der Waals surface area contributed by atoms with Gasteiger partial charge in [0.25, 0.3) is 0 Å². The molecule has 158 valence electrons. The number of nitrogens with zero attached hydrogens (tertiary/aromatic N) is 5. The van der Waals surface area contributed by atoms with Crippen molar-refractivity contribution in [2.24, 2.45) is 0 Å². The molecule has 1 aliphatic rings. The van der Waals surface area contributed by atoms with E-state index in [4.69, 9.17) is 0 Å². The van der Waals surface area contributed by atoms with E-state index in [2.05, 4.69) is 30.8 Å². The van der Waals surface area contributed by atoms with Crippen LogP contribution >= 0.6 is 11.8 Å². The van der Waals surface area contributed by atoms with Gasteiger partial charge in [-0.1, -0.05) is 61.0 Å². The number of carbonyl (C=O) groups is 1. The molecule has 1 fully saturated rings. The van der Waals surface area contributed by atoms with Gasteiger partial charge in [-0.05, 0) is 46.5 Å². The van der Waals surface area contributed by atoms with Crippen molar-refractivity contribution in [2.45, 2.75) is 42.9 Å². The maximum atomic E-state index is 12.9. The molecule has 1 aliphatic carbocycles. The van der Waals surface area contributed by atoms with Gasteiger partial charge in [-0.3, -0.25) is 4.79 Å². The molecule has 1 saturated carbocycles. The first kappa shape index (κ1) is 19.7. The fraction of sp³-hybridized carbons (Fsp3) is 0.318. The molecule has 31 heavy (non-hydrogen) atoms. The van der Waals surface area contributed by atoms with Crippen LogP contribution in [-0.2, 0) is 4.79 Å². The number of nitrogens with one attached hydrogen (secondary N) is 2. The first-order valence-corrected chi connectivity index (χ1v) is 11.4. The molecule has 2 N–H and O–H groups in total. The number of hydrogen-bond acceptors (Lipinski definition) is 6. The second kappa shape index (κ2) is 8.89. The van der Waals surface area contributed by atoms with Gasteiger partial charge in [0.2, 0.25) is 11.1 Å². The number of amides is 1. The van der Waals surface area contributed by atoms with Gasteiger partial charge in [0.15, 0.2) is 0 Å². The van der Waals surface area contributed by atoms with Crippen LogP contribution in [0.1, 0.15) is 48.9 Å². The number of rotatable bonds is 7. The zero-order valence-electron chi connectivity index (χ0n) is 16.9. The number of benzene rings is 2. The van der Waals surface area contributed by atoms with Gasteiger partial charge in [-0.15, -0.1) is 5.10 Å². The molecule has 2 heterocycles. The molecule has 0 saturated heterocycles. The summed E-state index contributed by atoms with van der Waals surface area (Å²) in [7, 11) is 0. The van der Waals surface area contributed by atoms with Crippen molar-refractivity contribution in [3.8, 4) is 0 Å². The van der Waals surface area contributed by atoms with Crippen LogP contribution in [-0.4, -0.2) is 41.8 Å². The van der Waals surface area contributed by atoms with Gasteiger partial charge in [0.05, 0.1) is 35.2 Å². The zero-order valence-corrected chi connectivity index (χ0v) is 17.8. The number of carbonyl (C=O) groups excluding carboxylic acids is 1. The van der Waals surface area contributed by atoms with Crippen LogP contribution in [0, 0.1) is 0 Å². The molecule has 0 aliphatic heterocycles. The van der Waals surface area contributed by atoms with Crippen molar-refractivity contribution in [1.29, 1.82) is 0 Å². The number of thioether (sulfide) groups is 1. The highest BCUT2D eigenvalue weighted by atomic mass is 32.2. The Labute approximate surface area is 183 Å². The molecular weight excluding hydrogens is 410 g/mol. The molecule has 0 radical (unpaired) electrons. The summed E-state index contributed by atoms with van der Waals surface area (Å²) in [5, 5.41) is 16.0. The van der Waals surface area contributed by atoms with E-state index in [0.717, 1.165) is 35.0 Å². The number of imidazole rings is 1. The van der Waals surface area contributed by atoms with E-state index in [0.29, 0.717) is 11.2 Å². The lowest BCUT2D eigenvalue weighted by Gasteiger charge is -2.20. The number of aromatic amines is 1. The summed E-state index contributed by atoms with van der Waals surface area (Å²) in [5.41, 5.74) is 3.86. The van der Waals surface area contributed by atoms with Crippen molar-refractivity contribution < 1.29 is 4.79 Å². The molecule has 8 nitrogen and oxygen atoms in total. The summed E-state index contributed by atoms with van der Waals surface area (Å²) in [6, 6.07) is 16.1. The van der Waals surface area contributed by atoms with E-state index in [1.165, 1.54) is 24.6 Å². The SMILES string of the molecule is O=C(CSc1nnnn1C1CCCC1)NC(c1ccccc1)c1ccc2nc[nH]c2c1. The number of H-pyrrole nitrogens is 1. The van der Waals surface area contributed by atoms with Gasteiger partial charge in [-0.2, -0.15) is 0 Å². The Hall–Kier alpha value is -3.20. The normalized spacial score (nSPS) is 15.4. The van der Waals surface area contributed by atoms with E-state index < -0.39 is 0 Å². The molecule has 1 atom stereocenters. The second-order valence-electron chi connectivity index (χ2n) is 7.72. The highest BCUT2D eigenvalue weighted by Crippen LogP contribution is 2.31. The highest BCUT2D eigenvalue weighted by Gasteiger charge is 2.23. The van der Waals surface area contributed by atoms with Gasteiger partial charge < -0.3 is 10.3 Å². The van der Waals surface area contributed by atoms with Crippen LogP contribution in [0.2, 0.25) is 0 Å². The Morgan fingerprint density at radius 3 is 2.84 bits per heavy atom. The van der Waals surface area contributed by atoms with E-state index in [1.54, 1.807) is 6.33 Å². The first-order valence-electron chi connectivity index (χ1n) is 10.5. The van der Waals surface area contributed by atoms with E-state index >= 15 is 0 Å². The van der Waals surface area contributed by atoms with Crippen molar-refractivity contribution in [2.75, 3.05) is 5.75 Å². The fourth-order valence-corrected chi connectivity index (χ4v) is 4.88. The van der Waals surface area contributed by atoms with Gasteiger partial charge in [0.1, 0.15) is 0 Å². The molecule has 9 heteroatoms. The molecule has 2 aromatic heterocycles. The molecule has 5 rings (SSSR count). The van der Waals surface area contributed by atoms with Crippen LogP contribution in [0.3, 0.4) is 0 Å². The Kier molecular flexibility index (Phi) is 5.66. The Morgan fingerprint density at radius 2 is 2.00 bits per heavy atom. The lowest BCUT2D eigenvalue weighted by Crippen LogP contribution is -2.30. The second-order valence-corrected chi connectivity index (χ2v) is 8.67. The van der Waals surface area contributed by atoms with Crippen LogP contribution in [0.5, 0.6) is 0 Å². The zero-order chi connectivity index (χ0) is 21.0. The number of aromatic nitrogens is 6. The van der Waals surface area contributed by atoms with Gasteiger partial charge in [0, 0.05) is 0 Å². The van der Waals surface area contributed by atoms with Crippen LogP contribution in [0.15, 0.2) is 60.0 Å². The summed E-state index contributed by atoms with van der Waals surface area (Å²) in [6.07, 6.45) is 6.27. The molecule has 2 aromatic carbocycles. The summed E-state index contributed by atoms with van der Waals surface area (Å²) >= 11 is 1.38. The Morgan fingerprint density at radius 1 is 1.16 bits per heavy atom. The fourth-order valence-electron chi connectivity index (χ4n) is 4.13. The Balaban J connectivity index is 1.32. The number of fused-ring (bicyclic) bond motifs is 1.